The van der Waals surface area contributed by atoms with E-state index in [1.807, 2.05) is 6.07 Å². The second kappa shape index (κ2) is 7.21. The fourth-order valence-electron chi connectivity index (χ4n) is 2.29. The standard InChI is InChI=1S/C19H10N4O4/c1-21-13-5-3-12(4-6-13)16-10-22-18(27-16)17(24)23-15-7-2-11(9-20)8-14(15)19(25)26/h2-8,10H,(H,23,24)(H,25,26). The molecule has 0 fully saturated rings. The van der Waals surface area contributed by atoms with Crippen LogP contribution in [0.4, 0.5) is 11.4 Å². The quantitative estimate of drug-likeness (QED) is 0.686. The van der Waals surface area contributed by atoms with Gasteiger partial charge in [-0.1, -0.05) is 24.3 Å². The number of hydrogen-bond donors (Lipinski definition) is 2. The molecule has 0 unspecified atom stereocenters. The number of hydrogen-bond acceptors (Lipinski definition) is 5. The molecule has 0 radical (unpaired) electrons. The summed E-state index contributed by atoms with van der Waals surface area (Å²) < 4.78 is 5.42. The number of aromatic carboxylic acids is 1. The van der Waals surface area contributed by atoms with Crippen LogP contribution in [-0.4, -0.2) is 22.0 Å². The second-order valence-corrected chi connectivity index (χ2v) is 5.32. The first kappa shape index (κ1) is 17.4. The van der Waals surface area contributed by atoms with Crippen molar-refractivity contribution < 1.29 is 19.1 Å². The molecule has 0 aliphatic carbocycles. The number of carboxylic acids is 1. The van der Waals surface area contributed by atoms with Crippen LogP contribution in [0.1, 0.15) is 26.6 Å². The Morgan fingerprint density at radius 3 is 2.59 bits per heavy atom. The molecule has 0 aliphatic heterocycles. The zero-order chi connectivity index (χ0) is 19.4. The maximum atomic E-state index is 12.3. The Kier molecular flexibility index (Phi) is 4.65. The summed E-state index contributed by atoms with van der Waals surface area (Å²) in [4.78, 5) is 30.8. The maximum absolute atomic E-state index is 12.3. The van der Waals surface area contributed by atoms with Gasteiger partial charge < -0.3 is 14.8 Å². The van der Waals surface area contributed by atoms with E-state index in [-0.39, 0.29) is 22.7 Å². The molecule has 0 bridgehead atoms. The number of benzene rings is 2. The molecule has 0 saturated carbocycles. The molecule has 0 saturated heterocycles. The average Bonchev–Trinajstić information content (AvgIpc) is 3.18. The van der Waals surface area contributed by atoms with Gasteiger partial charge >= 0.3 is 11.9 Å². The van der Waals surface area contributed by atoms with Gasteiger partial charge in [0.25, 0.3) is 5.89 Å². The molecular formula is C19H10N4O4. The lowest BCUT2D eigenvalue weighted by molar-refractivity contribution is 0.0698. The predicted octanol–water partition coefficient (Wildman–Crippen LogP) is 3.71. The van der Waals surface area contributed by atoms with Crippen molar-refractivity contribution in [3.8, 4) is 17.4 Å². The lowest BCUT2D eigenvalue weighted by Crippen LogP contribution is -2.15. The number of oxazole rings is 1. The SMILES string of the molecule is [C-]#[N+]c1ccc(-c2cnc(C(=O)Nc3ccc(C#N)cc3C(=O)O)o2)cc1. The summed E-state index contributed by atoms with van der Waals surface area (Å²) in [5.41, 5.74) is 1.07. The first-order valence-corrected chi connectivity index (χ1v) is 7.54. The monoisotopic (exact) mass is 358 g/mol. The Bertz CT molecular complexity index is 1120. The van der Waals surface area contributed by atoms with Crippen LogP contribution in [-0.2, 0) is 0 Å². The van der Waals surface area contributed by atoms with Gasteiger partial charge in [0.05, 0.1) is 35.7 Å². The van der Waals surface area contributed by atoms with Crippen LogP contribution in [0.5, 0.6) is 0 Å². The van der Waals surface area contributed by atoms with Gasteiger partial charge in [-0.25, -0.2) is 14.6 Å². The average molecular weight is 358 g/mol. The van der Waals surface area contributed by atoms with Crippen molar-refractivity contribution in [3.05, 3.63) is 77.1 Å². The summed E-state index contributed by atoms with van der Waals surface area (Å²) in [6, 6.07) is 12.3. The molecule has 130 valence electrons. The van der Waals surface area contributed by atoms with Crippen LogP contribution in [0, 0.1) is 17.9 Å². The first-order valence-electron chi connectivity index (χ1n) is 7.54. The summed E-state index contributed by atoms with van der Waals surface area (Å²) in [6.45, 7) is 6.94. The molecule has 0 aliphatic rings. The van der Waals surface area contributed by atoms with Gasteiger partial charge in [-0.15, -0.1) is 0 Å². The van der Waals surface area contributed by atoms with Crippen molar-refractivity contribution >= 4 is 23.3 Å². The van der Waals surface area contributed by atoms with Crippen molar-refractivity contribution in [1.82, 2.24) is 4.98 Å². The zero-order valence-corrected chi connectivity index (χ0v) is 13.6. The summed E-state index contributed by atoms with van der Waals surface area (Å²) in [5, 5.41) is 20.5. The third-order valence-electron chi connectivity index (χ3n) is 3.61. The van der Waals surface area contributed by atoms with Crippen LogP contribution in [0.15, 0.2) is 53.1 Å². The molecule has 3 rings (SSSR count). The number of rotatable bonds is 4. The minimum atomic E-state index is -1.28. The Balaban J connectivity index is 1.84. The predicted molar refractivity (Wildman–Crippen MR) is 94.3 cm³/mol. The number of carbonyl (C=O) groups excluding carboxylic acids is 1. The molecule has 8 nitrogen and oxygen atoms in total. The Labute approximate surface area is 153 Å². The highest BCUT2D eigenvalue weighted by atomic mass is 16.4. The number of nitrogens with zero attached hydrogens (tertiary/aromatic N) is 3. The highest BCUT2D eigenvalue weighted by molar-refractivity contribution is 6.05. The van der Waals surface area contributed by atoms with E-state index < -0.39 is 11.9 Å². The highest BCUT2D eigenvalue weighted by Crippen LogP contribution is 2.24. The second-order valence-electron chi connectivity index (χ2n) is 5.32. The fraction of sp³-hybridized carbons (Fsp3) is 0. The normalized spacial score (nSPS) is 9.85. The van der Waals surface area contributed by atoms with Crippen molar-refractivity contribution in [1.29, 1.82) is 5.26 Å². The molecule has 1 aromatic heterocycles. The largest absolute Gasteiger partial charge is 0.478 e. The van der Waals surface area contributed by atoms with Gasteiger partial charge in [0, 0.05) is 5.56 Å². The van der Waals surface area contributed by atoms with Crippen molar-refractivity contribution in [2.75, 3.05) is 5.32 Å². The summed E-state index contributed by atoms with van der Waals surface area (Å²) >= 11 is 0. The van der Waals surface area contributed by atoms with Gasteiger partial charge in [0.15, 0.2) is 11.4 Å². The maximum Gasteiger partial charge on any atom is 0.337 e. The van der Waals surface area contributed by atoms with Gasteiger partial charge in [-0.3, -0.25) is 4.79 Å². The zero-order valence-electron chi connectivity index (χ0n) is 13.6. The molecule has 2 N–H and O–H groups in total. The third-order valence-corrected chi connectivity index (χ3v) is 3.61. The Morgan fingerprint density at radius 2 is 1.96 bits per heavy atom. The van der Waals surface area contributed by atoms with E-state index >= 15 is 0 Å². The first-order chi connectivity index (χ1) is 13.0. The number of nitrogens with one attached hydrogen (secondary N) is 1. The smallest absolute Gasteiger partial charge is 0.337 e. The van der Waals surface area contributed by atoms with Crippen molar-refractivity contribution in [3.63, 3.8) is 0 Å². The van der Waals surface area contributed by atoms with Gasteiger partial charge in [0.2, 0.25) is 0 Å². The number of amides is 1. The number of aromatic nitrogens is 1. The highest BCUT2D eigenvalue weighted by Gasteiger charge is 2.18. The van der Waals surface area contributed by atoms with Crippen LogP contribution >= 0.6 is 0 Å². The van der Waals surface area contributed by atoms with Crippen LogP contribution in [0.25, 0.3) is 16.2 Å². The fourth-order valence-corrected chi connectivity index (χ4v) is 2.29. The van der Waals surface area contributed by atoms with Crippen molar-refractivity contribution in [2.24, 2.45) is 0 Å². The molecule has 8 heteroatoms. The molecule has 27 heavy (non-hydrogen) atoms. The molecular weight excluding hydrogens is 348 g/mol. The molecule has 1 heterocycles. The van der Waals surface area contributed by atoms with Crippen LogP contribution < -0.4 is 5.32 Å². The minimum absolute atomic E-state index is 0.0210. The topological polar surface area (TPSA) is 121 Å². The number of nitriles is 1. The number of carbonyl (C=O) groups is 2. The van der Waals surface area contributed by atoms with Gasteiger partial charge in [0.1, 0.15) is 0 Å². The molecule has 2 aromatic carbocycles. The van der Waals surface area contributed by atoms with Crippen LogP contribution in [0.3, 0.4) is 0 Å². The summed E-state index contributed by atoms with van der Waals surface area (Å²) in [5.74, 6) is -1.93. The Hall–Kier alpha value is -4.43. The van der Waals surface area contributed by atoms with E-state index in [1.54, 1.807) is 24.3 Å². The summed E-state index contributed by atoms with van der Waals surface area (Å²) in [6.07, 6.45) is 1.36. The summed E-state index contributed by atoms with van der Waals surface area (Å²) in [7, 11) is 0. The van der Waals surface area contributed by atoms with E-state index in [4.69, 9.17) is 16.3 Å². The van der Waals surface area contributed by atoms with Gasteiger partial charge in [-0.05, 0) is 18.2 Å². The lowest BCUT2D eigenvalue weighted by Gasteiger charge is -2.07. The molecule has 3 aromatic rings. The van der Waals surface area contributed by atoms with Crippen LogP contribution in [0.2, 0.25) is 0 Å². The number of anilines is 1. The Morgan fingerprint density at radius 1 is 1.22 bits per heavy atom. The van der Waals surface area contributed by atoms with E-state index in [0.29, 0.717) is 17.0 Å². The van der Waals surface area contributed by atoms with Crippen molar-refractivity contribution in [2.45, 2.75) is 0 Å². The van der Waals surface area contributed by atoms with E-state index in [2.05, 4.69) is 15.1 Å². The van der Waals surface area contributed by atoms with Gasteiger partial charge in [-0.2, -0.15) is 5.26 Å². The molecule has 0 atom stereocenters. The minimum Gasteiger partial charge on any atom is -0.478 e. The third kappa shape index (κ3) is 3.65. The van der Waals surface area contributed by atoms with E-state index in [9.17, 15) is 14.7 Å². The number of carboxylic acid groups (broad SMARTS) is 1. The van der Waals surface area contributed by atoms with E-state index in [0.717, 1.165) is 6.07 Å². The van der Waals surface area contributed by atoms with E-state index in [1.165, 1.54) is 18.3 Å². The molecule has 0 spiro atoms. The lowest BCUT2D eigenvalue weighted by atomic mass is 10.1. The molecule has 1 amide bonds.